The third-order valence-electron chi connectivity index (χ3n) is 5.05. The van der Waals surface area contributed by atoms with Gasteiger partial charge in [0, 0.05) is 32.9 Å². The molecule has 2 aromatic heterocycles. The van der Waals surface area contributed by atoms with Crippen LogP contribution in [0, 0.1) is 0 Å². The van der Waals surface area contributed by atoms with Crippen LogP contribution in [0.4, 0.5) is 11.4 Å². The molecule has 5 aromatic rings. The van der Waals surface area contributed by atoms with Gasteiger partial charge in [0.2, 0.25) is 0 Å². The minimum absolute atomic E-state index is 0.147. The highest BCUT2D eigenvalue weighted by atomic mass is 35.5. The van der Waals surface area contributed by atoms with E-state index in [1.165, 1.54) is 11.3 Å². The lowest BCUT2D eigenvalue weighted by atomic mass is 10.1. The normalized spacial score (nSPS) is 10.8. The first-order chi connectivity index (χ1) is 16.0. The summed E-state index contributed by atoms with van der Waals surface area (Å²) in [4.78, 5) is 32.6. The summed E-state index contributed by atoms with van der Waals surface area (Å²) in [7, 11) is 0. The Bertz CT molecular complexity index is 1440. The quantitative estimate of drug-likeness (QED) is 0.274. The third kappa shape index (κ3) is 4.64. The lowest BCUT2D eigenvalue weighted by Crippen LogP contribution is -2.11. The van der Waals surface area contributed by atoms with E-state index >= 15 is 0 Å². The summed E-state index contributed by atoms with van der Waals surface area (Å²) >= 11 is 7.35. The van der Waals surface area contributed by atoms with Gasteiger partial charge in [-0.25, -0.2) is 4.98 Å². The molecule has 3 N–H and O–H groups in total. The van der Waals surface area contributed by atoms with Crippen LogP contribution >= 0.6 is 22.9 Å². The molecule has 0 bridgehead atoms. The van der Waals surface area contributed by atoms with E-state index in [-0.39, 0.29) is 11.8 Å². The summed E-state index contributed by atoms with van der Waals surface area (Å²) < 4.78 is 0. The van der Waals surface area contributed by atoms with E-state index < -0.39 is 0 Å². The summed E-state index contributed by atoms with van der Waals surface area (Å²) in [5.74, 6) is 0.341. The first-order valence-electron chi connectivity index (χ1n) is 10.1. The van der Waals surface area contributed by atoms with Crippen molar-refractivity contribution in [3.8, 4) is 11.4 Å². The SMILES string of the molecule is O=C(Nc1ccc(-c2nc3ccc(NC(=O)c4ccsc4)cc3[nH]2)cc1)c1ccc(Cl)cc1. The number of fused-ring (bicyclic) bond motifs is 1. The van der Waals surface area contributed by atoms with Gasteiger partial charge < -0.3 is 15.6 Å². The summed E-state index contributed by atoms with van der Waals surface area (Å²) in [6, 6.07) is 21.5. The number of hydrogen-bond acceptors (Lipinski definition) is 4. The number of H-pyrrole nitrogens is 1. The number of amides is 2. The topological polar surface area (TPSA) is 86.9 Å². The molecular formula is C25H17ClN4O2S. The van der Waals surface area contributed by atoms with Crippen molar-refractivity contribution < 1.29 is 9.59 Å². The molecule has 0 atom stereocenters. The zero-order valence-corrected chi connectivity index (χ0v) is 18.7. The highest BCUT2D eigenvalue weighted by Crippen LogP contribution is 2.25. The summed E-state index contributed by atoms with van der Waals surface area (Å²) in [5.41, 5.74) is 5.00. The lowest BCUT2D eigenvalue weighted by Gasteiger charge is -2.06. The number of anilines is 2. The Labute approximate surface area is 198 Å². The molecule has 3 aromatic carbocycles. The maximum Gasteiger partial charge on any atom is 0.256 e. The van der Waals surface area contributed by atoms with E-state index in [0.717, 1.165) is 16.6 Å². The Kier molecular flexibility index (Phi) is 5.64. The van der Waals surface area contributed by atoms with Crippen molar-refractivity contribution in [2.24, 2.45) is 0 Å². The Balaban J connectivity index is 1.31. The van der Waals surface area contributed by atoms with Gasteiger partial charge in [0.25, 0.3) is 11.8 Å². The predicted octanol–water partition coefficient (Wildman–Crippen LogP) is 6.45. The molecule has 0 aliphatic rings. The van der Waals surface area contributed by atoms with Crippen molar-refractivity contribution in [3.63, 3.8) is 0 Å². The highest BCUT2D eigenvalue weighted by Gasteiger charge is 2.10. The van der Waals surface area contributed by atoms with E-state index in [4.69, 9.17) is 11.6 Å². The Morgan fingerprint density at radius 3 is 2.24 bits per heavy atom. The van der Waals surface area contributed by atoms with Crippen LogP contribution in [0.15, 0.2) is 83.6 Å². The molecule has 2 heterocycles. The molecule has 2 amide bonds. The van der Waals surface area contributed by atoms with Crippen LogP contribution in [0.5, 0.6) is 0 Å². The molecule has 5 rings (SSSR count). The van der Waals surface area contributed by atoms with E-state index in [0.29, 0.717) is 33.3 Å². The first-order valence-corrected chi connectivity index (χ1v) is 11.4. The molecule has 0 spiro atoms. The van der Waals surface area contributed by atoms with Gasteiger partial charge in [-0.2, -0.15) is 11.3 Å². The smallest absolute Gasteiger partial charge is 0.256 e. The Morgan fingerprint density at radius 1 is 0.818 bits per heavy atom. The van der Waals surface area contributed by atoms with Crippen LogP contribution in [-0.4, -0.2) is 21.8 Å². The molecular weight excluding hydrogens is 456 g/mol. The molecule has 33 heavy (non-hydrogen) atoms. The van der Waals surface area contributed by atoms with E-state index in [9.17, 15) is 9.59 Å². The van der Waals surface area contributed by atoms with Gasteiger partial charge in [0.15, 0.2) is 0 Å². The molecule has 0 aliphatic carbocycles. The standard InChI is InChI=1S/C25H17ClN4O2S/c26-18-5-1-16(2-6-18)24(31)27-19-7-3-15(4-8-19)23-29-21-10-9-20(13-22(21)30-23)28-25(32)17-11-12-33-14-17/h1-14H,(H,27,31)(H,28,32)(H,29,30). The predicted molar refractivity (Wildman–Crippen MR) is 133 cm³/mol. The highest BCUT2D eigenvalue weighted by molar-refractivity contribution is 7.08. The average Bonchev–Trinajstić information content (AvgIpc) is 3.50. The maximum atomic E-state index is 12.4. The van der Waals surface area contributed by atoms with Crippen LogP contribution in [0.3, 0.4) is 0 Å². The fourth-order valence-corrected chi connectivity index (χ4v) is 4.10. The largest absolute Gasteiger partial charge is 0.338 e. The van der Waals surface area contributed by atoms with Crippen LogP contribution in [0.2, 0.25) is 5.02 Å². The lowest BCUT2D eigenvalue weighted by molar-refractivity contribution is 0.101. The number of carbonyl (C=O) groups excluding carboxylic acids is 2. The van der Waals surface area contributed by atoms with Crippen molar-refractivity contribution in [1.29, 1.82) is 0 Å². The minimum atomic E-state index is -0.208. The van der Waals surface area contributed by atoms with Gasteiger partial charge in [-0.15, -0.1) is 0 Å². The number of aromatic nitrogens is 2. The molecule has 162 valence electrons. The summed E-state index contributed by atoms with van der Waals surface area (Å²) in [6.45, 7) is 0. The summed E-state index contributed by atoms with van der Waals surface area (Å²) in [5, 5.41) is 10.0. The number of thiophene rings is 1. The number of carbonyl (C=O) groups is 2. The number of nitrogens with one attached hydrogen (secondary N) is 3. The summed E-state index contributed by atoms with van der Waals surface area (Å²) in [6.07, 6.45) is 0. The van der Waals surface area contributed by atoms with Gasteiger partial charge in [0.05, 0.1) is 16.6 Å². The first kappa shape index (κ1) is 20.9. The number of rotatable bonds is 5. The van der Waals surface area contributed by atoms with Crippen molar-refractivity contribution in [2.45, 2.75) is 0 Å². The van der Waals surface area contributed by atoms with Crippen molar-refractivity contribution >= 4 is 57.2 Å². The molecule has 0 fully saturated rings. The van der Waals surface area contributed by atoms with Gasteiger partial charge in [0.1, 0.15) is 5.82 Å². The van der Waals surface area contributed by atoms with Gasteiger partial charge in [-0.1, -0.05) is 11.6 Å². The Morgan fingerprint density at radius 2 is 1.52 bits per heavy atom. The Hall–Kier alpha value is -3.94. The molecule has 0 radical (unpaired) electrons. The van der Waals surface area contributed by atoms with Crippen LogP contribution in [-0.2, 0) is 0 Å². The second-order valence-corrected chi connectivity index (χ2v) is 8.54. The van der Waals surface area contributed by atoms with Gasteiger partial charge in [-0.3, -0.25) is 9.59 Å². The zero-order valence-electron chi connectivity index (χ0n) is 17.1. The third-order valence-corrected chi connectivity index (χ3v) is 5.98. The number of benzene rings is 3. The number of nitrogens with zero attached hydrogens (tertiary/aromatic N) is 1. The number of hydrogen-bond donors (Lipinski definition) is 3. The van der Waals surface area contributed by atoms with Crippen LogP contribution in [0.25, 0.3) is 22.4 Å². The maximum absolute atomic E-state index is 12.4. The van der Waals surface area contributed by atoms with Crippen LogP contribution in [0.1, 0.15) is 20.7 Å². The second-order valence-electron chi connectivity index (χ2n) is 7.32. The average molecular weight is 473 g/mol. The molecule has 0 aliphatic heterocycles. The number of imidazole rings is 1. The van der Waals surface area contributed by atoms with E-state index in [1.807, 2.05) is 53.2 Å². The van der Waals surface area contributed by atoms with Gasteiger partial charge in [-0.05, 0) is 78.2 Å². The second kappa shape index (κ2) is 8.90. The fourth-order valence-electron chi connectivity index (χ4n) is 3.34. The van der Waals surface area contributed by atoms with Crippen LogP contribution < -0.4 is 10.6 Å². The molecule has 0 saturated carbocycles. The number of halogens is 1. The molecule has 6 nitrogen and oxygen atoms in total. The van der Waals surface area contributed by atoms with Crippen molar-refractivity contribution in [1.82, 2.24) is 9.97 Å². The van der Waals surface area contributed by atoms with E-state index in [2.05, 4.69) is 20.6 Å². The fraction of sp³-hybridized carbons (Fsp3) is 0. The minimum Gasteiger partial charge on any atom is -0.338 e. The monoisotopic (exact) mass is 472 g/mol. The zero-order chi connectivity index (χ0) is 22.8. The van der Waals surface area contributed by atoms with Gasteiger partial charge >= 0.3 is 0 Å². The van der Waals surface area contributed by atoms with E-state index in [1.54, 1.807) is 30.3 Å². The van der Waals surface area contributed by atoms with Crippen molar-refractivity contribution in [2.75, 3.05) is 10.6 Å². The number of aromatic amines is 1. The molecule has 0 saturated heterocycles. The molecule has 8 heteroatoms. The molecule has 0 unspecified atom stereocenters. The van der Waals surface area contributed by atoms with Crippen molar-refractivity contribution in [3.05, 3.63) is 99.7 Å².